The molecule has 0 aliphatic rings. The topological polar surface area (TPSA) is 131 Å². The van der Waals surface area contributed by atoms with Crippen LogP contribution in [-0.4, -0.2) is 39.5 Å². The smallest absolute Gasteiger partial charge is 0.337 e. The van der Waals surface area contributed by atoms with E-state index in [1.807, 2.05) is 0 Å². The second-order valence-corrected chi connectivity index (χ2v) is 5.16. The molecular formula is C17H14N4O4. The molecular weight excluding hydrogens is 324 g/mol. The maximum absolute atomic E-state index is 11.7. The molecule has 0 aliphatic heterocycles. The van der Waals surface area contributed by atoms with E-state index in [9.17, 15) is 14.7 Å². The number of aromatic nitrogens is 3. The molecule has 0 fully saturated rings. The maximum atomic E-state index is 11.7. The molecule has 3 aromatic rings. The van der Waals surface area contributed by atoms with Gasteiger partial charge in [0.2, 0.25) is 0 Å². The van der Waals surface area contributed by atoms with Gasteiger partial charge in [0, 0.05) is 11.1 Å². The summed E-state index contributed by atoms with van der Waals surface area (Å²) < 4.78 is 4.71. The van der Waals surface area contributed by atoms with Crippen molar-refractivity contribution in [2.75, 3.05) is 7.11 Å². The number of rotatable bonds is 4. The normalized spacial score (nSPS) is 10.4. The number of ether oxygens (including phenoxy) is 1. The largest absolute Gasteiger partial charge is 0.507 e. The van der Waals surface area contributed by atoms with Crippen LogP contribution in [0.3, 0.4) is 0 Å². The standard InChI is InChI=1S/C17H14N4O4/c1-25-17(24)10-5-2-4-9(8-10)11-6-3-7-12(15(11)22)13-14(16(18)23)20-21-19-13/h2-8,22H,1H3,(H2,18,23)(H,19,20,21). The lowest BCUT2D eigenvalue weighted by Crippen LogP contribution is -2.12. The van der Waals surface area contributed by atoms with E-state index in [4.69, 9.17) is 10.5 Å². The van der Waals surface area contributed by atoms with Gasteiger partial charge in [0.15, 0.2) is 5.69 Å². The van der Waals surface area contributed by atoms with Crippen LogP contribution in [0.2, 0.25) is 0 Å². The summed E-state index contributed by atoms with van der Waals surface area (Å²) in [5, 5.41) is 20.6. The third-order valence-corrected chi connectivity index (χ3v) is 3.67. The summed E-state index contributed by atoms with van der Waals surface area (Å²) in [4.78, 5) is 23.1. The molecule has 3 rings (SSSR count). The van der Waals surface area contributed by atoms with Crippen LogP contribution >= 0.6 is 0 Å². The number of nitrogens with two attached hydrogens (primary N) is 1. The van der Waals surface area contributed by atoms with E-state index in [-0.39, 0.29) is 17.1 Å². The van der Waals surface area contributed by atoms with E-state index in [1.165, 1.54) is 7.11 Å². The van der Waals surface area contributed by atoms with E-state index in [0.717, 1.165) is 0 Å². The molecule has 0 aliphatic carbocycles. The first-order valence-electron chi connectivity index (χ1n) is 7.24. The van der Waals surface area contributed by atoms with Gasteiger partial charge in [0.05, 0.1) is 12.7 Å². The number of esters is 1. The fourth-order valence-electron chi connectivity index (χ4n) is 2.49. The summed E-state index contributed by atoms with van der Waals surface area (Å²) in [5.74, 6) is -1.35. The first-order valence-corrected chi connectivity index (χ1v) is 7.24. The Morgan fingerprint density at radius 2 is 1.84 bits per heavy atom. The Bertz CT molecular complexity index is 965. The first kappa shape index (κ1) is 16.2. The lowest BCUT2D eigenvalue weighted by Gasteiger charge is -2.10. The Morgan fingerprint density at radius 1 is 1.12 bits per heavy atom. The number of benzene rings is 2. The van der Waals surface area contributed by atoms with E-state index in [1.54, 1.807) is 42.5 Å². The molecule has 0 atom stereocenters. The summed E-state index contributed by atoms with van der Waals surface area (Å²) in [6, 6.07) is 11.6. The average molecular weight is 338 g/mol. The second-order valence-electron chi connectivity index (χ2n) is 5.16. The van der Waals surface area contributed by atoms with Crippen LogP contribution in [0.15, 0.2) is 42.5 Å². The van der Waals surface area contributed by atoms with Gasteiger partial charge in [-0.1, -0.05) is 24.3 Å². The van der Waals surface area contributed by atoms with E-state index >= 15 is 0 Å². The lowest BCUT2D eigenvalue weighted by atomic mass is 9.98. The minimum absolute atomic E-state index is 0.0734. The number of amides is 1. The van der Waals surface area contributed by atoms with Crippen molar-refractivity contribution in [2.24, 2.45) is 5.73 Å². The number of primary amides is 1. The van der Waals surface area contributed by atoms with Crippen molar-refractivity contribution in [1.82, 2.24) is 15.4 Å². The van der Waals surface area contributed by atoms with E-state index in [2.05, 4.69) is 15.4 Å². The molecule has 1 aromatic heterocycles. The molecule has 0 radical (unpaired) electrons. The molecule has 0 spiro atoms. The van der Waals surface area contributed by atoms with Gasteiger partial charge in [0.1, 0.15) is 11.4 Å². The second kappa shape index (κ2) is 6.44. The van der Waals surface area contributed by atoms with Crippen LogP contribution < -0.4 is 5.73 Å². The number of hydrogen-bond acceptors (Lipinski definition) is 6. The Kier molecular flexibility index (Phi) is 4.17. The highest BCUT2D eigenvalue weighted by molar-refractivity contribution is 5.98. The Hall–Kier alpha value is -3.68. The molecule has 25 heavy (non-hydrogen) atoms. The molecule has 2 aromatic carbocycles. The number of methoxy groups -OCH3 is 1. The number of nitrogens with zero attached hydrogens (tertiary/aromatic N) is 2. The van der Waals surface area contributed by atoms with Gasteiger partial charge in [-0.05, 0) is 23.8 Å². The average Bonchev–Trinajstić information content (AvgIpc) is 3.11. The molecule has 8 heteroatoms. The number of phenolic OH excluding ortho intramolecular Hbond substituents is 1. The van der Waals surface area contributed by atoms with Gasteiger partial charge in [0.25, 0.3) is 5.91 Å². The van der Waals surface area contributed by atoms with Crippen molar-refractivity contribution >= 4 is 11.9 Å². The Balaban J connectivity index is 2.13. The highest BCUT2D eigenvalue weighted by Crippen LogP contribution is 2.38. The summed E-state index contributed by atoms with van der Waals surface area (Å²) in [6.45, 7) is 0. The van der Waals surface area contributed by atoms with E-state index < -0.39 is 11.9 Å². The molecule has 1 amide bonds. The monoisotopic (exact) mass is 338 g/mol. The van der Waals surface area contributed by atoms with Crippen molar-refractivity contribution in [3.8, 4) is 28.1 Å². The van der Waals surface area contributed by atoms with Crippen LogP contribution in [0.25, 0.3) is 22.4 Å². The predicted octanol–water partition coefficient (Wildman–Crippen LogP) is 1.73. The zero-order valence-electron chi connectivity index (χ0n) is 13.2. The van der Waals surface area contributed by atoms with Crippen LogP contribution in [0.5, 0.6) is 5.75 Å². The number of H-pyrrole nitrogens is 1. The summed E-state index contributed by atoms with van der Waals surface area (Å²) in [5.41, 5.74) is 7.05. The van der Waals surface area contributed by atoms with Crippen molar-refractivity contribution in [2.45, 2.75) is 0 Å². The molecule has 0 saturated heterocycles. The number of hydrogen-bond donors (Lipinski definition) is 3. The third-order valence-electron chi connectivity index (χ3n) is 3.67. The van der Waals surface area contributed by atoms with Crippen LogP contribution in [0, 0.1) is 0 Å². The summed E-state index contributed by atoms with van der Waals surface area (Å²) in [6.07, 6.45) is 0. The Labute approximate surface area is 142 Å². The van der Waals surface area contributed by atoms with Crippen molar-refractivity contribution in [3.05, 3.63) is 53.7 Å². The van der Waals surface area contributed by atoms with Gasteiger partial charge < -0.3 is 15.6 Å². The van der Waals surface area contributed by atoms with Gasteiger partial charge >= 0.3 is 5.97 Å². The van der Waals surface area contributed by atoms with Gasteiger partial charge in [-0.25, -0.2) is 4.79 Å². The third kappa shape index (κ3) is 2.92. The quantitative estimate of drug-likeness (QED) is 0.621. The van der Waals surface area contributed by atoms with Crippen LogP contribution in [0.1, 0.15) is 20.8 Å². The molecule has 126 valence electrons. The van der Waals surface area contributed by atoms with Gasteiger partial charge in [-0.2, -0.15) is 15.4 Å². The van der Waals surface area contributed by atoms with Gasteiger partial charge in [-0.3, -0.25) is 4.79 Å². The fourth-order valence-corrected chi connectivity index (χ4v) is 2.49. The molecule has 0 bridgehead atoms. The summed E-state index contributed by atoms with van der Waals surface area (Å²) in [7, 11) is 1.29. The van der Waals surface area contributed by atoms with Crippen molar-refractivity contribution in [3.63, 3.8) is 0 Å². The minimum atomic E-state index is -0.763. The lowest BCUT2D eigenvalue weighted by molar-refractivity contribution is 0.0600. The number of aromatic hydroxyl groups is 1. The number of phenols is 1. The Morgan fingerprint density at radius 3 is 2.56 bits per heavy atom. The predicted molar refractivity (Wildman–Crippen MR) is 88.8 cm³/mol. The fraction of sp³-hybridized carbons (Fsp3) is 0.0588. The maximum Gasteiger partial charge on any atom is 0.337 e. The summed E-state index contributed by atoms with van der Waals surface area (Å²) >= 11 is 0. The molecule has 4 N–H and O–H groups in total. The first-order chi connectivity index (χ1) is 12.0. The number of aromatic amines is 1. The highest BCUT2D eigenvalue weighted by atomic mass is 16.5. The minimum Gasteiger partial charge on any atom is -0.507 e. The molecule has 0 unspecified atom stereocenters. The van der Waals surface area contributed by atoms with Gasteiger partial charge in [-0.15, -0.1) is 0 Å². The van der Waals surface area contributed by atoms with Crippen LogP contribution in [0.4, 0.5) is 0 Å². The molecule has 0 saturated carbocycles. The van der Waals surface area contributed by atoms with Crippen LogP contribution in [-0.2, 0) is 4.74 Å². The van der Waals surface area contributed by atoms with Crippen molar-refractivity contribution < 1.29 is 19.4 Å². The molecule has 8 nitrogen and oxygen atoms in total. The van der Waals surface area contributed by atoms with E-state index in [0.29, 0.717) is 22.3 Å². The highest BCUT2D eigenvalue weighted by Gasteiger charge is 2.20. The zero-order valence-corrected chi connectivity index (χ0v) is 13.2. The molecule has 1 heterocycles. The number of nitrogens with one attached hydrogen (secondary N) is 1. The zero-order chi connectivity index (χ0) is 18.0. The SMILES string of the molecule is COC(=O)c1cccc(-c2cccc(-c3n[nH]nc3C(N)=O)c2O)c1. The number of para-hydroxylation sites is 1. The van der Waals surface area contributed by atoms with Crippen molar-refractivity contribution in [1.29, 1.82) is 0 Å². The number of carbonyl (C=O) groups excluding carboxylic acids is 2. The number of carbonyl (C=O) groups is 2.